The lowest BCUT2D eigenvalue weighted by molar-refractivity contribution is 0.0572. The number of aliphatic hydroxyl groups is 2. The van der Waals surface area contributed by atoms with E-state index in [1.807, 2.05) is 0 Å². The summed E-state index contributed by atoms with van der Waals surface area (Å²) in [5.74, 6) is -0.374. The average molecular weight is 240 g/mol. The van der Waals surface area contributed by atoms with Gasteiger partial charge in [0.25, 0.3) is 0 Å². The number of anilines is 1. The van der Waals surface area contributed by atoms with Crippen LogP contribution >= 0.6 is 0 Å². The molecule has 4 nitrogen and oxygen atoms in total. The van der Waals surface area contributed by atoms with E-state index in [1.54, 1.807) is 24.0 Å². The number of nitrogens with two attached hydrogens (primary N) is 1. The van der Waals surface area contributed by atoms with Crippen LogP contribution in [0.1, 0.15) is 18.5 Å². The van der Waals surface area contributed by atoms with Crippen LogP contribution in [0.25, 0.3) is 0 Å². The number of hydrogen-bond acceptors (Lipinski definition) is 4. The zero-order valence-electron chi connectivity index (χ0n) is 9.68. The summed E-state index contributed by atoms with van der Waals surface area (Å²) < 4.78 is 13.9. The first-order chi connectivity index (χ1) is 7.99. The number of rotatable bonds is 2. The van der Waals surface area contributed by atoms with Gasteiger partial charge in [-0.3, -0.25) is 0 Å². The molecular weight excluding hydrogens is 223 g/mol. The second-order valence-corrected chi connectivity index (χ2v) is 4.54. The van der Waals surface area contributed by atoms with Gasteiger partial charge >= 0.3 is 0 Å². The molecule has 0 saturated carbocycles. The predicted octanol–water partition coefficient (Wildman–Crippen LogP) is 0.387. The van der Waals surface area contributed by atoms with Gasteiger partial charge in [-0.2, -0.15) is 0 Å². The van der Waals surface area contributed by atoms with Crippen LogP contribution in [-0.4, -0.2) is 35.5 Å². The highest BCUT2D eigenvalue weighted by molar-refractivity contribution is 5.51. The minimum absolute atomic E-state index is 0.215. The molecule has 4 N–H and O–H groups in total. The van der Waals surface area contributed by atoms with Crippen LogP contribution in [0.2, 0.25) is 0 Å². The number of β-amino-alcohol motifs (C(OH)–C–C–N with tert-alkyl or cyclic N) is 2. The van der Waals surface area contributed by atoms with E-state index < -0.39 is 12.2 Å². The quantitative estimate of drug-likeness (QED) is 0.699. The molecule has 0 spiro atoms. The van der Waals surface area contributed by atoms with E-state index in [0.717, 1.165) is 5.56 Å². The molecule has 3 atom stereocenters. The number of hydrogen-bond donors (Lipinski definition) is 3. The highest BCUT2D eigenvalue weighted by Gasteiger charge is 2.30. The predicted molar refractivity (Wildman–Crippen MR) is 63.2 cm³/mol. The Bertz CT molecular complexity index is 401. The smallest absolute Gasteiger partial charge is 0.146 e. The van der Waals surface area contributed by atoms with E-state index in [1.165, 1.54) is 6.07 Å². The van der Waals surface area contributed by atoms with E-state index in [0.29, 0.717) is 5.69 Å². The van der Waals surface area contributed by atoms with Crippen molar-refractivity contribution < 1.29 is 14.6 Å². The van der Waals surface area contributed by atoms with Crippen molar-refractivity contribution >= 4 is 5.69 Å². The van der Waals surface area contributed by atoms with Gasteiger partial charge in [-0.05, 0) is 24.6 Å². The molecule has 94 valence electrons. The van der Waals surface area contributed by atoms with Gasteiger partial charge in [0.1, 0.15) is 5.82 Å². The van der Waals surface area contributed by atoms with Gasteiger partial charge in [-0.15, -0.1) is 0 Å². The molecule has 1 aliphatic heterocycles. The van der Waals surface area contributed by atoms with Crippen LogP contribution in [0, 0.1) is 5.82 Å². The number of aliphatic hydroxyl groups excluding tert-OH is 2. The molecule has 3 unspecified atom stereocenters. The van der Waals surface area contributed by atoms with Gasteiger partial charge in [0, 0.05) is 19.1 Å². The minimum Gasteiger partial charge on any atom is -0.389 e. The molecule has 2 rings (SSSR count). The zero-order valence-corrected chi connectivity index (χ0v) is 9.68. The molecule has 0 aromatic heterocycles. The Morgan fingerprint density at radius 2 is 1.94 bits per heavy atom. The van der Waals surface area contributed by atoms with Crippen molar-refractivity contribution in [1.82, 2.24) is 0 Å². The van der Waals surface area contributed by atoms with Crippen LogP contribution < -0.4 is 10.6 Å². The lowest BCUT2D eigenvalue weighted by atomic mass is 10.1. The summed E-state index contributed by atoms with van der Waals surface area (Å²) in [5.41, 5.74) is 6.79. The first kappa shape index (κ1) is 12.3. The zero-order chi connectivity index (χ0) is 12.6. The third-order valence-corrected chi connectivity index (χ3v) is 3.10. The first-order valence-corrected chi connectivity index (χ1v) is 5.65. The number of halogens is 1. The summed E-state index contributed by atoms with van der Waals surface area (Å²) in [6.07, 6.45) is -1.63. The fourth-order valence-electron chi connectivity index (χ4n) is 2.03. The van der Waals surface area contributed by atoms with E-state index in [9.17, 15) is 14.6 Å². The molecule has 0 aliphatic carbocycles. The van der Waals surface area contributed by atoms with Gasteiger partial charge in [0.2, 0.25) is 0 Å². The average Bonchev–Trinajstić information content (AvgIpc) is 2.58. The fraction of sp³-hybridized carbons (Fsp3) is 0.500. The molecule has 0 amide bonds. The van der Waals surface area contributed by atoms with E-state index in [-0.39, 0.29) is 24.9 Å². The summed E-state index contributed by atoms with van der Waals surface area (Å²) in [4.78, 5) is 1.63. The number of nitrogens with zero attached hydrogens (tertiary/aromatic N) is 1. The van der Waals surface area contributed by atoms with Crippen LogP contribution in [0.5, 0.6) is 0 Å². The summed E-state index contributed by atoms with van der Waals surface area (Å²) in [5, 5.41) is 18.9. The Morgan fingerprint density at radius 3 is 2.41 bits per heavy atom. The molecule has 1 fully saturated rings. The minimum atomic E-state index is -0.817. The maximum Gasteiger partial charge on any atom is 0.146 e. The molecule has 1 aromatic rings. The first-order valence-electron chi connectivity index (χ1n) is 5.65. The Kier molecular flexibility index (Phi) is 3.33. The van der Waals surface area contributed by atoms with Gasteiger partial charge in [-0.1, -0.05) is 6.07 Å². The van der Waals surface area contributed by atoms with E-state index in [2.05, 4.69) is 0 Å². The van der Waals surface area contributed by atoms with Crippen molar-refractivity contribution in [3.05, 3.63) is 29.6 Å². The van der Waals surface area contributed by atoms with Gasteiger partial charge in [0.05, 0.1) is 17.9 Å². The lowest BCUT2D eigenvalue weighted by Crippen LogP contribution is -2.22. The monoisotopic (exact) mass is 240 g/mol. The van der Waals surface area contributed by atoms with Gasteiger partial charge in [0.15, 0.2) is 0 Å². The maximum absolute atomic E-state index is 13.9. The molecule has 0 bridgehead atoms. The SMILES string of the molecule is CC(N)c1ccc(N2CC(O)C(O)C2)c(F)c1. The molecule has 1 saturated heterocycles. The molecule has 0 radical (unpaired) electrons. The van der Waals surface area contributed by atoms with Crippen molar-refractivity contribution in [2.45, 2.75) is 25.2 Å². The Hall–Kier alpha value is -1.17. The van der Waals surface area contributed by atoms with Crippen molar-refractivity contribution in [3.63, 3.8) is 0 Å². The summed E-state index contributed by atoms with van der Waals surface area (Å²) in [7, 11) is 0. The Balaban J connectivity index is 2.23. The second-order valence-electron chi connectivity index (χ2n) is 4.54. The highest BCUT2D eigenvalue weighted by Crippen LogP contribution is 2.26. The van der Waals surface area contributed by atoms with Crippen LogP contribution in [0.15, 0.2) is 18.2 Å². The maximum atomic E-state index is 13.9. The van der Waals surface area contributed by atoms with Crippen LogP contribution in [0.4, 0.5) is 10.1 Å². The third kappa shape index (κ3) is 2.41. The van der Waals surface area contributed by atoms with Gasteiger partial charge in [-0.25, -0.2) is 4.39 Å². The van der Waals surface area contributed by atoms with Crippen LogP contribution in [0.3, 0.4) is 0 Å². The van der Waals surface area contributed by atoms with Crippen LogP contribution in [-0.2, 0) is 0 Å². The molecular formula is C12H17FN2O2. The van der Waals surface area contributed by atoms with E-state index >= 15 is 0 Å². The normalized spacial score (nSPS) is 26.3. The summed E-state index contributed by atoms with van der Waals surface area (Å²) in [6, 6.07) is 4.59. The highest BCUT2D eigenvalue weighted by atomic mass is 19.1. The fourth-order valence-corrected chi connectivity index (χ4v) is 2.03. The van der Waals surface area contributed by atoms with Crippen molar-refractivity contribution in [2.24, 2.45) is 5.73 Å². The van der Waals surface area contributed by atoms with Crippen molar-refractivity contribution in [1.29, 1.82) is 0 Å². The van der Waals surface area contributed by atoms with E-state index in [4.69, 9.17) is 5.73 Å². The molecule has 1 aromatic carbocycles. The Labute approximate surface area is 99.5 Å². The molecule has 5 heteroatoms. The molecule has 1 heterocycles. The number of benzene rings is 1. The summed E-state index contributed by atoms with van der Waals surface area (Å²) >= 11 is 0. The van der Waals surface area contributed by atoms with Crippen molar-refractivity contribution in [2.75, 3.05) is 18.0 Å². The lowest BCUT2D eigenvalue weighted by Gasteiger charge is -2.19. The third-order valence-electron chi connectivity index (χ3n) is 3.10. The standard InChI is InChI=1S/C12H17FN2O2/c1-7(14)8-2-3-10(9(13)4-8)15-5-11(16)12(17)6-15/h2-4,7,11-12,16-17H,5-6,14H2,1H3. The largest absolute Gasteiger partial charge is 0.389 e. The molecule has 1 aliphatic rings. The van der Waals surface area contributed by atoms with Crippen molar-refractivity contribution in [3.8, 4) is 0 Å². The topological polar surface area (TPSA) is 69.7 Å². The summed E-state index contributed by atoms with van der Waals surface area (Å²) in [6.45, 7) is 2.28. The molecule has 17 heavy (non-hydrogen) atoms. The van der Waals surface area contributed by atoms with Gasteiger partial charge < -0.3 is 20.8 Å². The second kappa shape index (κ2) is 4.60. The Morgan fingerprint density at radius 1 is 1.35 bits per heavy atom.